The summed E-state index contributed by atoms with van der Waals surface area (Å²) < 4.78 is 23.3. The standard InChI is InChI=1S/C18H20N2O3S/c21-18(19-12-9-10-24(22,23)11-12)17-13-5-1-3-7-15(13)20-16-8-4-2-6-14(16)17/h1,3,5,7,12H,2,4,6,8-11H2,(H,19,21)/t12-/m1/s1. The van der Waals surface area contributed by atoms with E-state index in [4.69, 9.17) is 4.98 Å². The molecule has 2 aromatic rings. The van der Waals surface area contributed by atoms with Crippen molar-refractivity contribution in [1.82, 2.24) is 10.3 Å². The van der Waals surface area contributed by atoms with Crippen LogP contribution in [0.4, 0.5) is 0 Å². The van der Waals surface area contributed by atoms with Crippen LogP contribution in [0.15, 0.2) is 24.3 Å². The normalized spacial score (nSPS) is 22.2. The van der Waals surface area contributed by atoms with Gasteiger partial charge in [0, 0.05) is 17.1 Å². The van der Waals surface area contributed by atoms with E-state index in [2.05, 4.69) is 5.32 Å². The van der Waals surface area contributed by atoms with Crippen LogP contribution in [-0.4, -0.2) is 36.9 Å². The Bertz CT molecular complexity index is 921. The number of benzene rings is 1. The molecule has 0 radical (unpaired) electrons. The van der Waals surface area contributed by atoms with Crippen molar-refractivity contribution in [1.29, 1.82) is 0 Å². The molecule has 6 heteroatoms. The summed E-state index contributed by atoms with van der Waals surface area (Å²) in [7, 11) is -3.01. The lowest BCUT2D eigenvalue weighted by Crippen LogP contribution is -2.36. The third-order valence-corrected chi connectivity index (χ3v) is 6.73. The highest BCUT2D eigenvalue weighted by atomic mass is 32.2. The third kappa shape index (κ3) is 2.79. The molecule has 1 aromatic heterocycles. The van der Waals surface area contributed by atoms with Gasteiger partial charge < -0.3 is 5.32 Å². The molecule has 1 N–H and O–H groups in total. The maximum atomic E-state index is 13.0. The van der Waals surface area contributed by atoms with Gasteiger partial charge in [0.15, 0.2) is 9.84 Å². The smallest absolute Gasteiger partial charge is 0.252 e. The first kappa shape index (κ1) is 15.6. The van der Waals surface area contributed by atoms with Gasteiger partial charge in [-0.3, -0.25) is 9.78 Å². The highest BCUT2D eigenvalue weighted by Crippen LogP contribution is 2.29. The summed E-state index contributed by atoms with van der Waals surface area (Å²) in [5.41, 5.74) is 3.59. The minimum Gasteiger partial charge on any atom is -0.348 e. The number of pyridine rings is 1. The molecule has 1 saturated heterocycles. The van der Waals surface area contributed by atoms with Gasteiger partial charge in [-0.2, -0.15) is 0 Å². The first-order valence-electron chi connectivity index (χ1n) is 8.45. The number of amides is 1. The monoisotopic (exact) mass is 344 g/mol. The van der Waals surface area contributed by atoms with Crippen molar-refractivity contribution in [3.05, 3.63) is 41.1 Å². The molecule has 0 unspecified atom stereocenters. The Balaban J connectivity index is 1.76. The number of aryl methyl sites for hydroxylation is 1. The summed E-state index contributed by atoms with van der Waals surface area (Å²) in [6, 6.07) is 7.42. The van der Waals surface area contributed by atoms with Gasteiger partial charge in [-0.15, -0.1) is 0 Å². The molecule has 1 fully saturated rings. The quantitative estimate of drug-likeness (QED) is 0.904. The molecule has 4 rings (SSSR count). The number of nitrogens with one attached hydrogen (secondary N) is 1. The number of hydrogen-bond acceptors (Lipinski definition) is 4. The molecule has 126 valence electrons. The zero-order valence-electron chi connectivity index (χ0n) is 13.4. The minimum absolute atomic E-state index is 0.0456. The van der Waals surface area contributed by atoms with E-state index < -0.39 is 9.84 Å². The van der Waals surface area contributed by atoms with Gasteiger partial charge in [0.1, 0.15) is 0 Å². The molecule has 2 aliphatic rings. The highest BCUT2D eigenvalue weighted by Gasteiger charge is 2.30. The van der Waals surface area contributed by atoms with Crippen LogP contribution in [0.1, 0.15) is 40.9 Å². The Labute approximate surface area is 141 Å². The number of sulfone groups is 1. The molecule has 5 nitrogen and oxygen atoms in total. The van der Waals surface area contributed by atoms with Crippen LogP contribution < -0.4 is 5.32 Å². The zero-order chi connectivity index (χ0) is 16.7. The molecular formula is C18H20N2O3S. The number of para-hydroxylation sites is 1. The second-order valence-electron chi connectivity index (χ2n) is 6.71. The van der Waals surface area contributed by atoms with Crippen LogP contribution in [0.25, 0.3) is 10.9 Å². The average Bonchev–Trinajstić information content (AvgIpc) is 2.91. The topological polar surface area (TPSA) is 76.1 Å². The van der Waals surface area contributed by atoms with Crippen molar-refractivity contribution in [3.63, 3.8) is 0 Å². The lowest BCUT2D eigenvalue weighted by atomic mass is 9.89. The van der Waals surface area contributed by atoms with Crippen molar-refractivity contribution in [2.75, 3.05) is 11.5 Å². The lowest BCUT2D eigenvalue weighted by Gasteiger charge is -2.21. The number of fused-ring (bicyclic) bond motifs is 2. The molecule has 0 spiro atoms. The number of carbonyl (C=O) groups excluding carboxylic acids is 1. The van der Waals surface area contributed by atoms with E-state index in [0.29, 0.717) is 12.0 Å². The van der Waals surface area contributed by atoms with Crippen molar-refractivity contribution in [2.45, 2.75) is 38.1 Å². The lowest BCUT2D eigenvalue weighted by molar-refractivity contribution is 0.0941. The van der Waals surface area contributed by atoms with Crippen LogP contribution >= 0.6 is 0 Å². The van der Waals surface area contributed by atoms with Crippen molar-refractivity contribution in [3.8, 4) is 0 Å². The summed E-state index contributed by atoms with van der Waals surface area (Å²) in [6.07, 6.45) is 4.42. The van der Waals surface area contributed by atoms with Gasteiger partial charge in [0.05, 0.1) is 22.6 Å². The molecule has 1 amide bonds. The van der Waals surface area contributed by atoms with E-state index in [9.17, 15) is 13.2 Å². The van der Waals surface area contributed by atoms with Crippen LogP contribution in [0.2, 0.25) is 0 Å². The number of carbonyl (C=O) groups is 1. The van der Waals surface area contributed by atoms with E-state index in [1.54, 1.807) is 0 Å². The molecule has 0 saturated carbocycles. The van der Waals surface area contributed by atoms with Gasteiger partial charge in [0.2, 0.25) is 0 Å². The van der Waals surface area contributed by atoms with E-state index in [1.165, 1.54) is 0 Å². The predicted molar refractivity (Wildman–Crippen MR) is 92.9 cm³/mol. The zero-order valence-corrected chi connectivity index (χ0v) is 14.2. The summed E-state index contributed by atoms with van der Waals surface area (Å²) in [5, 5.41) is 3.81. The SMILES string of the molecule is O=C(N[C@@H]1CCS(=O)(=O)C1)c1c2c(nc3ccccc13)CCCC2. The number of nitrogens with zero attached hydrogens (tertiary/aromatic N) is 1. The molecular weight excluding hydrogens is 324 g/mol. The first-order valence-corrected chi connectivity index (χ1v) is 10.3. The van der Waals surface area contributed by atoms with Gasteiger partial charge in [-0.25, -0.2) is 8.42 Å². The summed E-state index contributed by atoms with van der Waals surface area (Å²) in [4.78, 5) is 17.7. The Morgan fingerprint density at radius 2 is 1.96 bits per heavy atom. The Hall–Kier alpha value is -1.95. The second-order valence-corrected chi connectivity index (χ2v) is 8.94. The Morgan fingerprint density at radius 1 is 1.17 bits per heavy atom. The molecule has 1 aromatic carbocycles. The fourth-order valence-corrected chi connectivity index (χ4v) is 5.47. The van der Waals surface area contributed by atoms with Crippen LogP contribution in [0.5, 0.6) is 0 Å². The molecule has 24 heavy (non-hydrogen) atoms. The molecule has 1 aliphatic carbocycles. The molecule has 2 heterocycles. The highest BCUT2D eigenvalue weighted by molar-refractivity contribution is 7.91. The van der Waals surface area contributed by atoms with Crippen molar-refractivity contribution >= 4 is 26.6 Å². The first-order chi connectivity index (χ1) is 11.5. The van der Waals surface area contributed by atoms with E-state index in [1.807, 2.05) is 24.3 Å². The summed E-state index contributed by atoms with van der Waals surface area (Å²) >= 11 is 0. The largest absolute Gasteiger partial charge is 0.348 e. The fourth-order valence-electron chi connectivity index (χ4n) is 3.80. The van der Waals surface area contributed by atoms with E-state index >= 15 is 0 Å². The maximum Gasteiger partial charge on any atom is 0.252 e. The summed E-state index contributed by atoms with van der Waals surface area (Å²) in [6.45, 7) is 0. The van der Waals surface area contributed by atoms with Crippen LogP contribution in [0.3, 0.4) is 0 Å². The fraction of sp³-hybridized carbons (Fsp3) is 0.444. The number of aromatic nitrogens is 1. The molecule has 1 atom stereocenters. The van der Waals surface area contributed by atoms with Crippen LogP contribution in [0, 0.1) is 0 Å². The third-order valence-electron chi connectivity index (χ3n) is 4.96. The van der Waals surface area contributed by atoms with E-state index in [-0.39, 0.29) is 23.5 Å². The number of rotatable bonds is 2. The second kappa shape index (κ2) is 5.84. The number of hydrogen-bond donors (Lipinski definition) is 1. The van der Waals surface area contributed by atoms with Gasteiger partial charge in [-0.1, -0.05) is 18.2 Å². The maximum absolute atomic E-state index is 13.0. The predicted octanol–water partition coefficient (Wildman–Crippen LogP) is 2.03. The van der Waals surface area contributed by atoms with Crippen molar-refractivity contribution < 1.29 is 13.2 Å². The summed E-state index contributed by atoms with van der Waals surface area (Å²) in [5.74, 6) is 0.0470. The molecule has 1 aliphatic heterocycles. The Morgan fingerprint density at radius 3 is 2.75 bits per heavy atom. The average molecular weight is 344 g/mol. The van der Waals surface area contributed by atoms with Crippen molar-refractivity contribution in [2.24, 2.45) is 0 Å². The van der Waals surface area contributed by atoms with Gasteiger partial charge >= 0.3 is 0 Å². The van der Waals surface area contributed by atoms with Gasteiger partial charge in [-0.05, 0) is 43.7 Å². The molecule has 0 bridgehead atoms. The van der Waals surface area contributed by atoms with Crippen LogP contribution in [-0.2, 0) is 22.7 Å². The van der Waals surface area contributed by atoms with E-state index in [0.717, 1.165) is 47.8 Å². The Kier molecular flexibility index (Phi) is 3.79. The van der Waals surface area contributed by atoms with Gasteiger partial charge in [0.25, 0.3) is 5.91 Å². The minimum atomic E-state index is -3.01.